The molecule has 104 valence electrons. The van der Waals surface area contributed by atoms with E-state index < -0.39 is 0 Å². The van der Waals surface area contributed by atoms with Crippen molar-refractivity contribution in [3.8, 4) is 11.4 Å². The summed E-state index contributed by atoms with van der Waals surface area (Å²) in [5.41, 5.74) is 7.85. The molecule has 0 saturated carbocycles. The molecule has 4 nitrogen and oxygen atoms in total. The van der Waals surface area contributed by atoms with E-state index in [2.05, 4.69) is 14.9 Å². The van der Waals surface area contributed by atoms with Crippen LogP contribution in [0.25, 0.3) is 11.4 Å². The van der Waals surface area contributed by atoms with Gasteiger partial charge in [-0.3, -0.25) is 0 Å². The molecular formula is C15H17ClN4. The molecule has 1 unspecified atom stereocenters. The number of rotatable bonds is 2. The summed E-state index contributed by atoms with van der Waals surface area (Å²) in [5, 5.41) is 0.692. The molecule has 1 aliphatic rings. The summed E-state index contributed by atoms with van der Waals surface area (Å²) in [6.07, 6.45) is 1.01. The van der Waals surface area contributed by atoms with Gasteiger partial charge in [0.25, 0.3) is 0 Å². The summed E-state index contributed by atoms with van der Waals surface area (Å²) in [7, 11) is 0. The zero-order chi connectivity index (χ0) is 14.1. The molecule has 2 aromatic rings. The number of aryl methyl sites for hydroxylation is 1. The normalized spacial score (nSPS) is 18.6. The lowest BCUT2D eigenvalue weighted by atomic mass is 10.2. The van der Waals surface area contributed by atoms with Crippen LogP contribution < -0.4 is 10.6 Å². The Morgan fingerprint density at radius 3 is 2.85 bits per heavy atom. The van der Waals surface area contributed by atoms with Crippen LogP contribution in [0.1, 0.15) is 12.1 Å². The maximum atomic E-state index is 6.04. The van der Waals surface area contributed by atoms with E-state index in [0.29, 0.717) is 10.8 Å². The number of aromatic nitrogens is 2. The van der Waals surface area contributed by atoms with Crippen LogP contribution in [0.2, 0.25) is 5.02 Å². The molecule has 0 amide bonds. The third-order valence-electron chi connectivity index (χ3n) is 3.47. The van der Waals surface area contributed by atoms with Gasteiger partial charge in [-0.25, -0.2) is 9.97 Å². The van der Waals surface area contributed by atoms with Gasteiger partial charge in [-0.1, -0.05) is 23.7 Å². The third kappa shape index (κ3) is 2.76. The van der Waals surface area contributed by atoms with E-state index in [0.717, 1.165) is 36.6 Å². The van der Waals surface area contributed by atoms with Crippen molar-refractivity contribution in [3.05, 3.63) is 41.0 Å². The van der Waals surface area contributed by atoms with Crippen molar-refractivity contribution in [1.82, 2.24) is 9.97 Å². The van der Waals surface area contributed by atoms with E-state index in [1.807, 2.05) is 37.3 Å². The van der Waals surface area contributed by atoms with Crippen LogP contribution in [-0.2, 0) is 0 Å². The van der Waals surface area contributed by atoms with Crippen LogP contribution in [0.3, 0.4) is 0 Å². The molecule has 0 aliphatic carbocycles. The topological polar surface area (TPSA) is 55.0 Å². The minimum Gasteiger partial charge on any atom is -0.355 e. The van der Waals surface area contributed by atoms with Crippen molar-refractivity contribution in [2.75, 3.05) is 18.0 Å². The van der Waals surface area contributed by atoms with Crippen molar-refractivity contribution in [3.63, 3.8) is 0 Å². The highest BCUT2D eigenvalue weighted by Crippen LogP contribution is 2.24. The average molecular weight is 289 g/mol. The first-order valence-corrected chi connectivity index (χ1v) is 7.12. The average Bonchev–Trinajstić information content (AvgIpc) is 2.85. The second kappa shape index (κ2) is 5.38. The standard InChI is InChI=1S/C15H17ClN4/c1-10-7-14(20-6-5-13(17)9-20)19-15(18-10)11-3-2-4-12(16)8-11/h2-4,7-8,13H,5-6,9,17H2,1H3. The van der Waals surface area contributed by atoms with Crippen molar-refractivity contribution < 1.29 is 0 Å². The van der Waals surface area contributed by atoms with Gasteiger partial charge in [0, 0.05) is 41.5 Å². The zero-order valence-corrected chi connectivity index (χ0v) is 12.1. The summed E-state index contributed by atoms with van der Waals surface area (Å²) in [5.74, 6) is 1.66. The Kier molecular flexibility index (Phi) is 3.59. The highest BCUT2D eigenvalue weighted by Gasteiger charge is 2.21. The van der Waals surface area contributed by atoms with Crippen LogP contribution in [-0.4, -0.2) is 29.1 Å². The zero-order valence-electron chi connectivity index (χ0n) is 11.4. The Balaban J connectivity index is 1.98. The number of nitrogens with zero attached hydrogens (tertiary/aromatic N) is 3. The summed E-state index contributed by atoms with van der Waals surface area (Å²) in [6, 6.07) is 9.86. The van der Waals surface area contributed by atoms with E-state index in [1.165, 1.54) is 0 Å². The minimum atomic E-state index is 0.236. The second-order valence-electron chi connectivity index (χ2n) is 5.20. The largest absolute Gasteiger partial charge is 0.355 e. The molecule has 0 spiro atoms. The van der Waals surface area contributed by atoms with Crippen LogP contribution in [0.15, 0.2) is 30.3 Å². The molecule has 1 aromatic heterocycles. The molecule has 2 N–H and O–H groups in total. The second-order valence-corrected chi connectivity index (χ2v) is 5.63. The number of anilines is 1. The van der Waals surface area contributed by atoms with Gasteiger partial charge < -0.3 is 10.6 Å². The third-order valence-corrected chi connectivity index (χ3v) is 3.71. The number of benzene rings is 1. The highest BCUT2D eigenvalue weighted by molar-refractivity contribution is 6.30. The van der Waals surface area contributed by atoms with E-state index in [4.69, 9.17) is 17.3 Å². The summed E-state index contributed by atoms with van der Waals surface area (Å²) in [6.45, 7) is 3.78. The van der Waals surface area contributed by atoms with Gasteiger partial charge in [-0.15, -0.1) is 0 Å². The van der Waals surface area contributed by atoms with Gasteiger partial charge in [0.05, 0.1) is 0 Å². The lowest BCUT2D eigenvalue weighted by Gasteiger charge is -2.18. The maximum absolute atomic E-state index is 6.04. The number of nitrogens with two attached hydrogens (primary N) is 1. The highest BCUT2D eigenvalue weighted by atomic mass is 35.5. The Bertz CT molecular complexity index is 629. The van der Waals surface area contributed by atoms with Crippen molar-refractivity contribution >= 4 is 17.4 Å². The van der Waals surface area contributed by atoms with Gasteiger partial charge in [0.2, 0.25) is 0 Å². The maximum Gasteiger partial charge on any atom is 0.161 e. The molecule has 0 radical (unpaired) electrons. The molecule has 0 bridgehead atoms. The van der Waals surface area contributed by atoms with Gasteiger partial charge >= 0.3 is 0 Å². The van der Waals surface area contributed by atoms with Crippen molar-refractivity contribution in [2.24, 2.45) is 5.73 Å². The molecule has 1 saturated heterocycles. The first-order valence-electron chi connectivity index (χ1n) is 6.74. The molecular weight excluding hydrogens is 272 g/mol. The van der Waals surface area contributed by atoms with Crippen LogP contribution in [0.5, 0.6) is 0 Å². The van der Waals surface area contributed by atoms with Gasteiger partial charge in [0.1, 0.15) is 5.82 Å². The Hall–Kier alpha value is -1.65. The quantitative estimate of drug-likeness (QED) is 0.923. The van der Waals surface area contributed by atoms with Crippen molar-refractivity contribution in [1.29, 1.82) is 0 Å². The predicted molar refractivity (Wildman–Crippen MR) is 82.0 cm³/mol. The molecule has 5 heteroatoms. The molecule has 2 heterocycles. The molecule has 1 aliphatic heterocycles. The van der Waals surface area contributed by atoms with Gasteiger partial charge in [0.15, 0.2) is 5.82 Å². The van der Waals surface area contributed by atoms with Gasteiger partial charge in [-0.05, 0) is 25.5 Å². The predicted octanol–water partition coefficient (Wildman–Crippen LogP) is 2.64. The minimum absolute atomic E-state index is 0.236. The van der Waals surface area contributed by atoms with Crippen LogP contribution >= 0.6 is 11.6 Å². The number of hydrogen-bond donors (Lipinski definition) is 1. The van der Waals surface area contributed by atoms with E-state index in [9.17, 15) is 0 Å². The smallest absolute Gasteiger partial charge is 0.161 e. The summed E-state index contributed by atoms with van der Waals surface area (Å²) >= 11 is 6.04. The monoisotopic (exact) mass is 288 g/mol. The fourth-order valence-electron chi connectivity index (χ4n) is 2.47. The van der Waals surface area contributed by atoms with E-state index in [-0.39, 0.29) is 6.04 Å². The molecule has 1 fully saturated rings. The lowest BCUT2D eigenvalue weighted by Crippen LogP contribution is -2.27. The Morgan fingerprint density at radius 1 is 1.30 bits per heavy atom. The number of halogens is 1. The van der Waals surface area contributed by atoms with E-state index in [1.54, 1.807) is 0 Å². The molecule has 3 rings (SSSR count). The van der Waals surface area contributed by atoms with Gasteiger partial charge in [-0.2, -0.15) is 0 Å². The fraction of sp³-hybridized carbons (Fsp3) is 0.333. The molecule has 20 heavy (non-hydrogen) atoms. The SMILES string of the molecule is Cc1cc(N2CCC(N)C2)nc(-c2cccc(Cl)c2)n1. The Labute approximate surface area is 123 Å². The molecule has 1 atom stereocenters. The van der Waals surface area contributed by atoms with Crippen molar-refractivity contribution in [2.45, 2.75) is 19.4 Å². The summed E-state index contributed by atoms with van der Waals surface area (Å²) < 4.78 is 0. The fourth-order valence-corrected chi connectivity index (χ4v) is 2.66. The lowest BCUT2D eigenvalue weighted by molar-refractivity contribution is 0.751. The first kappa shape index (κ1) is 13.3. The van der Waals surface area contributed by atoms with Crippen LogP contribution in [0.4, 0.5) is 5.82 Å². The van der Waals surface area contributed by atoms with Crippen LogP contribution in [0, 0.1) is 6.92 Å². The first-order chi connectivity index (χ1) is 9.61. The number of hydrogen-bond acceptors (Lipinski definition) is 4. The summed E-state index contributed by atoms with van der Waals surface area (Å²) in [4.78, 5) is 11.4. The van der Waals surface area contributed by atoms with E-state index >= 15 is 0 Å². The Morgan fingerprint density at radius 2 is 2.15 bits per heavy atom. The molecule has 1 aromatic carbocycles.